The van der Waals surface area contributed by atoms with Gasteiger partial charge in [-0.25, -0.2) is 8.70 Å². The number of para-hydroxylation sites is 2. The highest BCUT2D eigenvalue weighted by molar-refractivity contribution is 7.90. The molecule has 1 heterocycles. The number of hydrogen-bond acceptors (Lipinski definition) is 3. The molecule has 2 aromatic carbocycles. The molecule has 0 unspecified atom stereocenters. The standard InChI is InChI=1S/C18H20FN3O2S/c19-16-6-2-4-8-18(16)22-17-7-3-1-5-14(17)13-21(25(22,23)24)12-11-20-15-9-10-15/h1-8,15,20H,9-13H2. The third-order valence-electron chi connectivity index (χ3n) is 4.56. The molecule has 2 aliphatic rings. The Morgan fingerprint density at radius 2 is 1.72 bits per heavy atom. The second-order valence-electron chi connectivity index (χ2n) is 6.41. The second kappa shape index (κ2) is 6.40. The lowest BCUT2D eigenvalue weighted by molar-refractivity contribution is 0.393. The van der Waals surface area contributed by atoms with E-state index in [1.807, 2.05) is 12.1 Å². The molecule has 5 nitrogen and oxygen atoms in total. The highest BCUT2D eigenvalue weighted by Crippen LogP contribution is 2.39. The maximum absolute atomic E-state index is 14.4. The topological polar surface area (TPSA) is 52.7 Å². The van der Waals surface area contributed by atoms with Gasteiger partial charge in [0.05, 0.1) is 11.4 Å². The minimum atomic E-state index is -3.84. The summed E-state index contributed by atoms with van der Waals surface area (Å²) in [4.78, 5) is 0. The van der Waals surface area contributed by atoms with Crippen LogP contribution in [0.5, 0.6) is 0 Å². The zero-order chi connectivity index (χ0) is 17.4. The molecule has 4 rings (SSSR count). The predicted octanol–water partition coefficient (Wildman–Crippen LogP) is 2.78. The molecule has 25 heavy (non-hydrogen) atoms. The molecule has 2 aromatic rings. The minimum absolute atomic E-state index is 0.0507. The molecule has 0 atom stereocenters. The normalized spacial score (nSPS) is 19.6. The Balaban J connectivity index is 1.73. The summed E-state index contributed by atoms with van der Waals surface area (Å²) >= 11 is 0. The molecule has 0 aromatic heterocycles. The van der Waals surface area contributed by atoms with E-state index in [9.17, 15) is 12.8 Å². The highest BCUT2D eigenvalue weighted by atomic mass is 32.2. The van der Waals surface area contributed by atoms with Crippen molar-refractivity contribution in [1.29, 1.82) is 0 Å². The zero-order valence-electron chi connectivity index (χ0n) is 13.7. The molecule has 0 bridgehead atoms. The van der Waals surface area contributed by atoms with Gasteiger partial charge in [0.2, 0.25) is 0 Å². The first-order chi connectivity index (χ1) is 12.1. The van der Waals surface area contributed by atoms with Crippen LogP contribution in [0.2, 0.25) is 0 Å². The van der Waals surface area contributed by atoms with Crippen LogP contribution in [0, 0.1) is 5.82 Å². The molecular formula is C18H20FN3O2S. The lowest BCUT2D eigenvalue weighted by Gasteiger charge is -2.37. The number of nitrogens with zero attached hydrogens (tertiary/aromatic N) is 2. The van der Waals surface area contributed by atoms with Gasteiger partial charge >= 0.3 is 10.2 Å². The molecular weight excluding hydrogens is 341 g/mol. The lowest BCUT2D eigenvalue weighted by Crippen LogP contribution is -2.47. The van der Waals surface area contributed by atoms with Crippen LogP contribution >= 0.6 is 0 Å². The van der Waals surface area contributed by atoms with Crippen LogP contribution in [0.25, 0.3) is 0 Å². The van der Waals surface area contributed by atoms with Crippen molar-refractivity contribution in [3.8, 4) is 0 Å². The summed E-state index contributed by atoms with van der Waals surface area (Å²) in [6.07, 6.45) is 2.30. The Morgan fingerprint density at radius 1 is 1.04 bits per heavy atom. The van der Waals surface area contributed by atoms with Crippen LogP contribution in [-0.2, 0) is 16.8 Å². The molecule has 0 spiro atoms. The SMILES string of the molecule is O=S1(=O)N(CCNC2CC2)Cc2ccccc2N1c1ccccc1F. The summed E-state index contributed by atoms with van der Waals surface area (Å²) in [5, 5.41) is 3.33. The van der Waals surface area contributed by atoms with E-state index in [1.54, 1.807) is 24.3 Å². The summed E-state index contributed by atoms with van der Waals surface area (Å²) < 4.78 is 43.3. The largest absolute Gasteiger partial charge is 0.313 e. The van der Waals surface area contributed by atoms with Crippen LogP contribution in [0.15, 0.2) is 48.5 Å². The average Bonchev–Trinajstić information content (AvgIpc) is 3.41. The van der Waals surface area contributed by atoms with E-state index in [2.05, 4.69) is 5.32 Å². The van der Waals surface area contributed by atoms with Crippen LogP contribution < -0.4 is 9.62 Å². The number of halogens is 1. The molecule has 0 radical (unpaired) electrons. The van der Waals surface area contributed by atoms with Crippen molar-refractivity contribution in [2.75, 3.05) is 17.4 Å². The third-order valence-corrected chi connectivity index (χ3v) is 6.38. The fourth-order valence-electron chi connectivity index (χ4n) is 3.10. The van der Waals surface area contributed by atoms with Crippen molar-refractivity contribution >= 4 is 21.6 Å². The van der Waals surface area contributed by atoms with Gasteiger partial charge in [0.1, 0.15) is 5.82 Å². The van der Waals surface area contributed by atoms with Gasteiger partial charge in [-0.3, -0.25) is 0 Å². The molecule has 1 saturated carbocycles. The molecule has 132 valence electrons. The van der Waals surface area contributed by atoms with E-state index >= 15 is 0 Å². The van der Waals surface area contributed by atoms with Crippen molar-refractivity contribution in [2.24, 2.45) is 0 Å². The predicted molar refractivity (Wildman–Crippen MR) is 95.3 cm³/mol. The van der Waals surface area contributed by atoms with E-state index in [-0.39, 0.29) is 5.69 Å². The number of fused-ring (bicyclic) bond motifs is 1. The maximum Gasteiger partial charge on any atom is 0.308 e. The highest BCUT2D eigenvalue weighted by Gasteiger charge is 2.38. The minimum Gasteiger partial charge on any atom is -0.313 e. The van der Waals surface area contributed by atoms with Crippen molar-refractivity contribution < 1.29 is 12.8 Å². The first-order valence-electron chi connectivity index (χ1n) is 8.43. The Labute approximate surface area is 147 Å². The molecule has 1 fully saturated rings. The first-order valence-corrected chi connectivity index (χ1v) is 9.83. The van der Waals surface area contributed by atoms with Gasteiger partial charge in [0.25, 0.3) is 0 Å². The van der Waals surface area contributed by atoms with Crippen molar-refractivity contribution in [2.45, 2.75) is 25.4 Å². The number of rotatable bonds is 5. The first kappa shape index (κ1) is 16.5. The smallest absolute Gasteiger partial charge is 0.308 e. The number of hydrogen-bond donors (Lipinski definition) is 1. The lowest BCUT2D eigenvalue weighted by atomic mass is 10.1. The number of anilines is 2. The molecule has 0 saturated heterocycles. The molecule has 1 aliphatic carbocycles. The van der Waals surface area contributed by atoms with Gasteiger partial charge in [-0.15, -0.1) is 0 Å². The summed E-state index contributed by atoms with van der Waals surface area (Å²) in [5.74, 6) is -0.557. The summed E-state index contributed by atoms with van der Waals surface area (Å²) in [6, 6.07) is 13.7. The summed E-state index contributed by atoms with van der Waals surface area (Å²) in [7, 11) is -3.84. The second-order valence-corrected chi connectivity index (χ2v) is 8.19. The van der Waals surface area contributed by atoms with E-state index in [4.69, 9.17) is 0 Å². The van der Waals surface area contributed by atoms with Crippen LogP contribution in [0.3, 0.4) is 0 Å². The van der Waals surface area contributed by atoms with Crippen molar-refractivity contribution in [3.05, 3.63) is 59.9 Å². The Morgan fingerprint density at radius 3 is 2.44 bits per heavy atom. The third kappa shape index (κ3) is 3.15. The number of nitrogens with one attached hydrogen (secondary N) is 1. The Bertz CT molecular complexity index is 883. The Kier molecular flexibility index (Phi) is 4.23. The quantitative estimate of drug-likeness (QED) is 0.891. The van der Waals surface area contributed by atoms with Gasteiger partial charge in [-0.1, -0.05) is 30.3 Å². The fourth-order valence-corrected chi connectivity index (χ4v) is 4.78. The van der Waals surface area contributed by atoms with E-state index < -0.39 is 16.0 Å². The Hall–Kier alpha value is -1.96. The number of benzene rings is 2. The van der Waals surface area contributed by atoms with Crippen LogP contribution in [0.1, 0.15) is 18.4 Å². The van der Waals surface area contributed by atoms with Gasteiger partial charge in [0, 0.05) is 25.7 Å². The summed E-state index contributed by atoms with van der Waals surface area (Å²) in [5.41, 5.74) is 1.43. The van der Waals surface area contributed by atoms with Gasteiger partial charge < -0.3 is 5.32 Å². The van der Waals surface area contributed by atoms with Crippen molar-refractivity contribution in [3.63, 3.8) is 0 Å². The average molecular weight is 361 g/mol. The van der Waals surface area contributed by atoms with Crippen LogP contribution in [-0.4, -0.2) is 31.9 Å². The van der Waals surface area contributed by atoms with Gasteiger partial charge in [-0.2, -0.15) is 12.7 Å². The molecule has 7 heteroatoms. The maximum atomic E-state index is 14.4. The zero-order valence-corrected chi connectivity index (χ0v) is 14.5. The van der Waals surface area contributed by atoms with Gasteiger partial charge in [0.15, 0.2) is 0 Å². The van der Waals surface area contributed by atoms with E-state index in [1.165, 1.54) is 16.4 Å². The molecule has 1 N–H and O–H groups in total. The molecule has 0 amide bonds. The van der Waals surface area contributed by atoms with E-state index in [0.717, 1.165) is 22.7 Å². The fraction of sp³-hybridized carbons (Fsp3) is 0.333. The van der Waals surface area contributed by atoms with Crippen LogP contribution in [0.4, 0.5) is 15.8 Å². The van der Waals surface area contributed by atoms with E-state index in [0.29, 0.717) is 31.4 Å². The van der Waals surface area contributed by atoms with Gasteiger partial charge in [-0.05, 0) is 36.6 Å². The summed E-state index contributed by atoms with van der Waals surface area (Å²) in [6.45, 7) is 1.26. The molecule has 1 aliphatic heterocycles. The monoisotopic (exact) mass is 361 g/mol. The van der Waals surface area contributed by atoms with Crippen molar-refractivity contribution in [1.82, 2.24) is 9.62 Å².